The zero-order valence-corrected chi connectivity index (χ0v) is 12.3. The van der Waals surface area contributed by atoms with Crippen molar-refractivity contribution >= 4 is 12.0 Å². The highest BCUT2D eigenvalue weighted by Crippen LogP contribution is 2.39. The molecule has 6 nitrogen and oxygen atoms in total. The fourth-order valence-corrected chi connectivity index (χ4v) is 4.08. The first-order chi connectivity index (χ1) is 10.2. The van der Waals surface area contributed by atoms with E-state index in [1.165, 1.54) is 0 Å². The number of nitrogens with one attached hydrogen (secondary N) is 1. The molecule has 1 aliphatic carbocycles. The fraction of sp³-hybridized carbons (Fsp3) is 0.867. The van der Waals surface area contributed by atoms with Crippen molar-refractivity contribution < 1.29 is 19.4 Å². The molecule has 0 spiro atoms. The topological polar surface area (TPSA) is 78.9 Å². The predicted molar refractivity (Wildman–Crippen MR) is 76.0 cm³/mol. The number of fused-ring (bicyclic) bond motifs is 1. The average molecular weight is 296 g/mol. The number of hydrogen-bond donors (Lipinski definition) is 2. The summed E-state index contributed by atoms with van der Waals surface area (Å²) in [6.07, 6.45) is 6.68. The van der Waals surface area contributed by atoms with Crippen LogP contribution in [0.3, 0.4) is 0 Å². The van der Waals surface area contributed by atoms with E-state index in [0.717, 1.165) is 45.1 Å². The van der Waals surface area contributed by atoms with E-state index in [9.17, 15) is 14.7 Å². The molecule has 0 aromatic carbocycles. The first-order valence-electron chi connectivity index (χ1n) is 8.06. The summed E-state index contributed by atoms with van der Waals surface area (Å²) in [5, 5.41) is 12.4. The van der Waals surface area contributed by atoms with Gasteiger partial charge in [0, 0.05) is 12.6 Å². The van der Waals surface area contributed by atoms with Crippen LogP contribution in [0.25, 0.3) is 0 Å². The lowest BCUT2D eigenvalue weighted by Gasteiger charge is -2.34. The SMILES string of the molecule is O=C(O)C1CC2CCCCC2N1C(=O)NC1CCCOC1. The zero-order valence-electron chi connectivity index (χ0n) is 12.3. The van der Waals surface area contributed by atoms with Crippen molar-refractivity contribution in [3.8, 4) is 0 Å². The van der Waals surface area contributed by atoms with Crippen molar-refractivity contribution in [2.75, 3.05) is 13.2 Å². The molecule has 2 N–H and O–H groups in total. The van der Waals surface area contributed by atoms with Gasteiger partial charge in [-0.25, -0.2) is 9.59 Å². The second kappa shape index (κ2) is 6.22. The first-order valence-corrected chi connectivity index (χ1v) is 8.06. The van der Waals surface area contributed by atoms with Gasteiger partial charge in [0.05, 0.1) is 12.6 Å². The summed E-state index contributed by atoms with van der Waals surface area (Å²) < 4.78 is 5.38. The van der Waals surface area contributed by atoms with E-state index in [2.05, 4.69) is 5.32 Å². The van der Waals surface area contributed by atoms with Crippen LogP contribution in [-0.2, 0) is 9.53 Å². The van der Waals surface area contributed by atoms with Crippen LogP contribution < -0.4 is 5.32 Å². The molecule has 2 saturated heterocycles. The number of hydrogen-bond acceptors (Lipinski definition) is 3. The van der Waals surface area contributed by atoms with Crippen molar-refractivity contribution in [3.63, 3.8) is 0 Å². The Morgan fingerprint density at radius 2 is 1.95 bits per heavy atom. The van der Waals surface area contributed by atoms with Crippen molar-refractivity contribution in [1.82, 2.24) is 10.2 Å². The third-order valence-corrected chi connectivity index (χ3v) is 5.10. The number of amides is 2. The molecule has 2 heterocycles. The highest BCUT2D eigenvalue weighted by atomic mass is 16.5. The average Bonchev–Trinajstić information content (AvgIpc) is 2.88. The molecule has 3 rings (SSSR count). The van der Waals surface area contributed by atoms with Crippen molar-refractivity contribution in [1.29, 1.82) is 0 Å². The van der Waals surface area contributed by atoms with Crippen LogP contribution in [-0.4, -0.2) is 53.3 Å². The Morgan fingerprint density at radius 3 is 2.67 bits per heavy atom. The number of aliphatic carboxylic acids is 1. The third-order valence-electron chi connectivity index (χ3n) is 5.10. The molecule has 3 fully saturated rings. The molecule has 2 aliphatic heterocycles. The van der Waals surface area contributed by atoms with Gasteiger partial charge in [0.25, 0.3) is 0 Å². The summed E-state index contributed by atoms with van der Waals surface area (Å²) in [5.74, 6) is -0.521. The molecule has 4 atom stereocenters. The van der Waals surface area contributed by atoms with Crippen molar-refractivity contribution in [2.45, 2.75) is 63.1 Å². The van der Waals surface area contributed by atoms with Crippen LogP contribution >= 0.6 is 0 Å². The van der Waals surface area contributed by atoms with Gasteiger partial charge in [0.1, 0.15) is 6.04 Å². The summed E-state index contributed by atoms with van der Waals surface area (Å²) in [6, 6.07) is -0.761. The summed E-state index contributed by atoms with van der Waals surface area (Å²) in [5.41, 5.74) is 0. The second-order valence-corrected chi connectivity index (χ2v) is 6.47. The Bertz CT molecular complexity index is 408. The lowest BCUT2D eigenvalue weighted by atomic mass is 9.85. The number of carboxylic acid groups (broad SMARTS) is 1. The van der Waals surface area contributed by atoms with Crippen LogP contribution in [0.5, 0.6) is 0 Å². The Morgan fingerprint density at radius 1 is 1.14 bits per heavy atom. The molecular weight excluding hydrogens is 272 g/mol. The molecule has 3 aliphatic rings. The Balaban J connectivity index is 1.69. The molecule has 1 saturated carbocycles. The monoisotopic (exact) mass is 296 g/mol. The lowest BCUT2D eigenvalue weighted by Crippen LogP contribution is -2.54. The molecule has 118 valence electrons. The maximum absolute atomic E-state index is 12.6. The first kappa shape index (κ1) is 14.6. The number of carbonyl (C=O) groups excluding carboxylic acids is 1. The number of ether oxygens (including phenoxy) is 1. The van der Waals surface area contributed by atoms with Gasteiger partial charge in [-0.3, -0.25) is 0 Å². The van der Waals surface area contributed by atoms with E-state index in [0.29, 0.717) is 18.9 Å². The number of urea groups is 1. The van der Waals surface area contributed by atoms with Crippen molar-refractivity contribution in [3.05, 3.63) is 0 Å². The van der Waals surface area contributed by atoms with Gasteiger partial charge in [0.15, 0.2) is 0 Å². The van der Waals surface area contributed by atoms with Crippen LogP contribution in [0.4, 0.5) is 4.79 Å². The number of rotatable bonds is 2. The lowest BCUT2D eigenvalue weighted by molar-refractivity contribution is -0.141. The Labute approximate surface area is 124 Å². The summed E-state index contributed by atoms with van der Waals surface area (Å²) in [6.45, 7) is 1.28. The standard InChI is InChI=1S/C15H24N2O4/c18-14(19)13-8-10-4-1-2-6-12(10)17(13)15(20)16-11-5-3-7-21-9-11/h10-13H,1-9H2,(H,16,20)(H,18,19). The molecule has 0 aromatic rings. The maximum atomic E-state index is 12.6. The Hall–Kier alpha value is -1.30. The molecular formula is C15H24N2O4. The van der Waals surface area contributed by atoms with Crippen LogP contribution in [0.15, 0.2) is 0 Å². The van der Waals surface area contributed by atoms with E-state index in [1.807, 2.05) is 0 Å². The number of carbonyl (C=O) groups is 2. The Kier molecular flexibility index (Phi) is 4.33. The molecule has 6 heteroatoms. The highest BCUT2D eigenvalue weighted by Gasteiger charge is 2.47. The maximum Gasteiger partial charge on any atom is 0.326 e. The molecule has 21 heavy (non-hydrogen) atoms. The van der Waals surface area contributed by atoms with Gasteiger partial charge < -0.3 is 20.1 Å². The molecule has 2 amide bonds. The number of carboxylic acids is 1. The molecule has 0 aromatic heterocycles. The highest BCUT2D eigenvalue weighted by molar-refractivity contribution is 5.84. The van der Waals surface area contributed by atoms with Crippen molar-refractivity contribution in [2.24, 2.45) is 5.92 Å². The quantitative estimate of drug-likeness (QED) is 0.811. The van der Waals surface area contributed by atoms with Gasteiger partial charge in [-0.1, -0.05) is 12.8 Å². The summed E-state index contributed by atoms with van der Waals surface area (Å²) in [7, 11) is 0. The third kappa shape index (κ3) is 3.00. The smallest absolute Gasteiger partial charge is 0.326 e. The summed E-state index contributed by atoms with van der Waals surface area (Å²) >= 11 is 0. The zero-order chi connectivity index (χ0) is 14.8. The van der Waals surface area contributed by atoms with Crippen LogP contribution in [0.2, 0.25) is 0 Å². The van der Waals surface area contributed by atoms with E-state index in [-0.39, 0.29) is 18.1 Å². The molecule has 0 bridgehead atoms. The van der Waals surface area contributed by atoms with Gasteiger partial charge in [-0.15, -0.1) is 0 Å². The van der Waals surface area contributed by atoms with Gasteiger partial charge in [-0.05, 0) is 38.0 Å². The minimum absolute atomic E-state index is 0.0170. The van der Waals surface area contributed by atoms with E-state index < -0.39 is 12.0 Å². The van der Waals surface area contributed by atoms with E-state index in [1.54, 1.807) is 4.90 Å². The normalized spacial score (nSPS) is 36.1. The number of nitrogens with zero attached hydrogens (tertiary/aromatic N) is 1. The van der Waals surface area contributed by atoms with E-state index in [4.69, 9.17) is 4.74 Å². The predicted octanol–water partition coefficient (Wildman–Crippen LogP) is 1.59. The molecule has 0 radical (unpaired) electrons. The van der Waals surface area contributed by atoms with Gasteiger partial charge in [0.2, 0.25) is 0 Å². The largest absolute Gasteiger partial charge is 0.480 e. The molecule has 4 unspecified atom stereocenters. The van der Waals surface area contributed by atoms with Crippen LogP contribution in [0.1, 0.15) is 44.9 Å². The number of likely N-dealkylation sites (tertiary alicyclic amines) is 1. The second-order valence-electron chi connectivity index (χ2n) is 6.47. The van der Waals surface area contributed by atoms with E-state index >= 15 is 0 Å². The summed E-state index contributed by atoms with van der Waals surface area (Å²) in [4.78, 5) is 25.7. The minimum atomic E-state index is -0.876. The van der Waals surface area contributed by atoms with Gasteiger partial charge in [-0.2, -0.15) is 0 Å². The minimum Gasteiger partial charge on any atom is -0.480 e. The van der Waals surface area contributed by atoms with Gasteiger partial charge >= 0.3 is 12.0 Å². The van der Waals surface area contributed by atoms with Crippen LogP contribution in [0, 0.1) is 5.92 Å². The fourth-order valence-electron chi connectivity index (χ4n) is 4.08.